The smallest absolute Gasteiger partial charge is 0.264 e. The molecule has 0 aliphatic rings. The molecule has 1 heterocycles. The Bertz CT molecular complexity index is 780. The normalized spacial score (nSPS) is 12.5. The van der Waals surface area contributed by atoms with Gasteiger partial charge in [-0.3, -0.25) is 19.8 Å². The third-order valence-electron chi connectivity index (χ3n) is 3.35. The predicted octanol–water partition coefficient (Wildman–Crippen LogP) is 3.03. The summed E-state index contributed by atoms with van der Waals surface area (Å²) >= 11 is 5.11. The lowest BCUT2D eigenvalue weighted by Crippen LogP contribution is -2.20. The van der Waals surface area contributed by atoms with E-state index in [-0.39, 0.29) is 22.3 Å². The molecule has 0 saturated heterocycles. The third kappa shape index (κ3) is 3.43. The monoisotopic (exact) mass is 318 g/mol. The highest BCUT2D eigenvalue weighted by Gasteiger charge is 2.14. The number of H-pyrrole nitrogens is 1. The van der Waals surface area contributed by atoms with Crippen LogP contribution in [0.5, 0.6) is 5.88 Å². The van der Waals surface area contributed by atoms with Crippen LogP contribution in [0.2, 0.25) is 0 Å². The maximum Gasteiger partial charge on any atom is 0.264 e. The van der Waals surface area contributed by atoms with Gasteiger partial charge in [0.2, 0.25) is 5.88 Å². The molecule has 0 fully saturated rings. The molecule has 2 rings (SSSR count). The van der Waals surface area contributed by atoms with Gasteiger partial charge >= 0.3 is 0 Å². The summed E-state index contributed by atoms with van der Waals surface area (Å²) in [7, 11) is 0. The van der Waals surface area contributed by atoms with Crippen molar-refractivity contribution in [1.29, 1.82) is 0 Å². The molecule has 1 aromatic heterocycles. The van der Waals surface area contributed by atoms with Gasteiger partial charge in [-0.1, -0.05) is 25.1 Å². The molecule has 0 amide bonds. The zero-order valence-corrected chi connectivity index (χ0v) is 13.2. The summed E-state index contributed by atoms with van der Waals surface area (Å²) in [5.74, 6) is -0.179. The molecule has 116 valence electrons. The highest BCUT2D eigenvalue weighted by molar-refractivity contribution is 7.71. The van der Waals surface area contributed by atoms with Crippen LogP contribution < -0.4 is 11.0 Å². The van der Waals surface area contributed by atoms with Crippen LogP contribution in [-0.4, -0.2) is 20.9 Å². The lowest BCUT2D eigenvalue weighted by Gasteiger charge is -2.16. The number of benzene rings is 1. The van der Waals surface area contributed by atoms with Gasteiger partial charge < -0.3 is 5.11 Å². The van der Waals surface area contributed by atoms with Crippen molar-refractivity contribution in [3.8, 4) is 5.88 Å². The largest absolute Gasteiger partial charge is 0.494 e. The summed E-state index contributed by atoms with van der Waals surface area (Å²) < 4.78 is 1.71. The number of hydrogen-bond acceptors (Lipinski definition) is 5. The van der Waals surface area contributed by atoms with Crippen molar-refractivity contribution < 1.29 is 5.11 Å². The molecule has 7 heteroatoms. The number of anilines is 1. The zero-order valence-electron chi connectivity index (χ0n) is 12.4. The van der Waals surface area contributed by atoms with E-state index in [0.29, 0.717) is 0 Å². The summed E-state index contributed by atoms with van der Waals surface area (Å²) in [4.78, 5) is 14.5. The Morgan fingerprint density at radius 1 is 1.45 bits per heavy atom. The Balaban J connectivity index is 2.35. The standard InChI is InChI=1S/C15H18N4O2S/c1-3-10(2)19-14(21)12(13(20)17-15(19)22)9-16-18-11-7-5-4-6-8-11/h4-10,18,21H,3H2,1-2H3,(H,17,20,22)/b16-9-. The van der Waals surface area contributed by atoms with E-state index in [2.05, 4.69) is 15.5 Å². The van der Waals surface area contributed by atoms with Crippen LogP contribution in [0.3, 0.4) is 0 Å². The fourth-order valence-electron chi connectivity index (χ4n) is 1.94. The fourth-order valence-corrected chi connectivity index (χ4v) is 2.30. The molecule has 22 heavy (non-hydrogen) atoms. The average Bonchev–Trinajstić information content (AvgIpc) is 2.51. The Morgan fingerprint density at radius 2 is 2.14 bits per heavy atom. The number of hydrazone groups is 1. The molecular formula is C15H18N4O2S. The Labute approximate surface area is 133 Å². The number of nitrogens with zero attached hydrogens (tertiary/aromatic N) is 2. The molecule has 0 aliphatic heterocycles. The van der Waals surface area contributed by atoms with Crippen LogP contribution in [0.25, 0.3) is 0 Å². The van der Waals surface area contributed by atoms with Crippen LogP contribution in [-0.2, 0) is 0 Å². The highest BCUT2D eigenvalue weighted by Crippen LogP contribution is 2.20. The number of para-hydroxylation sites is 1. The highest BCUT2D eigenvalue weighted by atomic mass is 32.1. The van der Waals surface area contributed by atoms with Crippen molar-refractivity contribution >= 4 is 24.1 Å². The predicted molar refractivity (Wildman–Crippen MR) is 90.2 cm³/mol. The molecule has 3 N–H and O–H groups in total. The molecule has 0 aliphatic carbocycles. The summed E-state index contributed by atoms with van der Waals surface area (Å²) in [5.41, 5.74) is 3.17. The number of nitrogens with one attached hydrogen (secondary N) is 2. The zero-order chi connectivity index (χ0) is 16.1. The van der Waals surface area contributed by atoms with E-state index >= 15 is 0 Å². The van der Waals surface area contributed by atoms with Crippen molar-refractivity contribution in [3.63, 3.8) is 0 Å². The second-order valence-corrected chi connectivity index (χ2v) is 5.25. The number of rotatable bonds is 5. The minimum absolute atomic E-state index is 0.0291. The van der Waals surface area contributed by atoms with Crippen molar-refractivity contribution in [1.82, 2.24) is 9.55 Å². The first-order chi connectivity index (χ1) is 10.5. The number of aromatic nitrogens is 2. The Kier molecular flexibility index (Phi) is 5.11. The minimum atomic E-state index is -0.472. The van der Waals surface area contributed by atoms with Crippen molar-refractivity contribution in [2.45, 2.75) is 26.3 Å². The van der Waals surface area contributed by atoms with Crippen molar-refractivity contribution in [3.05, 3.63) is 51.0 Å². The summed E-state index contributed by atoms with van der Waals surface area (Å²) in [6, 6.07) is 9.28. The van der Waals surface area contributed by atoms with Crippen LogP contribution in [0.15, 0.2) is 40.2 Å². The van der Waals surface area contributed by atoms with E-state index in [9.17, 15) is 9.90 Å². The van der Waals surface area contributed by atoms with Gasteiger partial charge in [-0.05, 0) is 37.7 Å². The molecule has 6 nitrogen and oxygen atoms in total. The maximum atomic E-state index is 12.0. The molecule has 1 unspecified atom stereocenters. The van der Waals surface area contributed by atoms with E-state index in [0.717, 1.165) is 12.1 Å². The van der Waals surface area contributed by atoms with Crippen molar-refractivity contribution in [2.75, 3.05) is 5.43 Å². The molecule has 2 aromatic rings. The molecule has 0 spiro atoms. The van der Waals surface area contributed by atoms with Crippen molar-refractivity contribution in [2.24, 2.45) is 5.10 Å². The topological polar surface area (TPSA) is 82.4 Å². The number of aromatic amines is 1. The van der Waals surface area contributed by atoms with Crippen LogP contribution in [0.4, 0.5) is 5.69 Å². The second kappa shape index (κ2) is 7.04. The summed E-state index contributed by atoms with van der Waals surface area (Å²) in [5, 5.41) is 14.3. The maximum absolute atomic E-state index is 12.0. The van der Waals surface area contributed by atoms with Gasteiger partial charge in [0, 0.05) is 6.04 Å². The summed E-state index contributed by atoms with van der Waals surface area (Å²) in [6.45, 7) is 3.89. The molecule has 1 aromatic carbocycles. The van der Waals surface area contributed by atoms with Gasteiger partial charge in [0.1, 0.15) is 5.56 Å². The fraction of sp³-hybridized carbons (Fsp3) is 0.267. The quantitative estimate of drug-likeness (QED) is 0.449. The molecule has 0 radical (unpaired) electrons. The van der Waals surface area contributed by atoms with Gasteiger partial charge in [-0.15, -0.1) is 0 Å². The number of hydrogen-bond donors (Lipinski definition) is 3. The van der Waals surface area contributed by atoms with E-state index in [1.807, 2.05) is 44.2 Å². The van der Waals surface area contributed by atoms with Gasteiger partial charge in [0.25, 0.3) is 5.56 Å². The second-order valence-electron chi connectivity index (χ2n) is 4.86. The number of aromatic hydroxyl groups is 1. The Morgan fingerprint density at radius 3 is 2.77 bits per heavy atom. The molecule has 0 bridgehead atoms. The van der Waals surface area contributed by atoms with Crippen LogP contribution in [0.1, 0.15) is 31.9 Å². The lowest BCUT2D eigenvalue weighted by molar-refractivity contribution is 0.371. The first kappa shape index (κ1) is 16.0. The van der Waals surface area contributed by atoms with Gasteiger partial charge in [0.05, 0.1) is 11.9 Å². The Hall–Kier alpha value is -2.41. The minimum Gasteiger partial charge on any atom is -0.494 e. The SMILES string of the molecule is CCC(C)n1c(O)c(/C=N\Nc2ccccc2)c(=O)[nH]c1=S. The first-order valence-corrected chi connectivity index (χ1v) is 7.37. The van der Waals surface area contributed by atoms with E-state index in [1.165, 1.54) is 10.8 Å². The summed E-state index contributed by atoms with van der Waals surface area (Å²) in [6.07, 6.45) is 2.06. The van der Waals surface area contributed by atoms with Gasteiger partial charge in [0.15, 0.2) is 4.77 Å². The van der Waals surface area contributed by atoms with Crippen LogP contribution >= 0.6 is 12.2 Å². The molecular weight excluding hydrogens is 300 g/mol. The van der Waals surface area contributed by atoms with E-state index in [4.69, 9.17) is 12.2 Å². The van der Waals surface area contributed by atoms with Gasteiger partial charge in [-0.2, -0.15) is 5.10 Å². The average molecular weight is 318 g/mol. The molecule has 0 saturated carbocycles. The third-order valence-corrected chi connectivity index (χ3v) is 3.64. The van der Waals surface area contributed by atoms with Gasteiger partial charge in [-0.25, -0.2) is 0 Å². The molecule has 1 atom stereocenters. The van der Waals surface area contributed by atoms with E-state index < -0.39 is 5.56 Å². The first-order valence-electron chi connectivity index (χ1n) is 6.96. The van der Waals surface area contributed by atoms with E-state index in [1.54, 1.807) is 0 Å². The van der Waals surface area contributed by atoms with Crippen LogP contribution in [0, 0.1) is 4.77 Å². The lowest BCUT2D eigenvalue weighted by atomic mass is 10.2.